The lowest BCUT2D eigenvalue weighted by Crippen LogP contribution is -2.60. The number of carboxylic acid groups (broad SMARTS) is 1. The number of phenols is 1. The largest absolute Gasteiger partial charge is 0.508 e. The Morgan fingerprint density at radius 1 is 0.744 bits per heavy atom. The number of Topliss-reactive ketones (excluding diaryl/α,β-unsaturated/α-hetero) is 1. The number of fused-ring (bicyclic) bond motifs is 1. The number of hydrogen-bond acceptors (Lipinski definition) is 14. The van der Waals surface area contributed by atoms with Gasteiger partial charge in [0.25, 0.3) is 0 Å². The zero-order valence-electron chi connectivity index (χ0n) is 46.8. The number of ether oxygens (including phenoxy) is 1. The highest BCUT2D eigenvalue weighted by Gasteiger charge is 2.37. The Morgan fingerprint density at radius 2 is 1.41 bits per heavy atom. The number of carbonyl (C=O) groups excluding carboxylic acids is 8. The Kier molecular flexibility index (Phi) is 24.5. The van der Waals surface area contributed by atoms with Gasteiger partial charge in [0, 0.05) is 49.3 Å². The number of aliphatic hydroxyl groups excluding tert-OH is 1. The number of aliphatic hydroxyl groups is 1. The molecule has 8 amide bonds. The smallest absolute Gasteiger partial charge is 0.407 e. The molecule has 3 aromatic carbocycles. The van der Waals surface area contributed by atoms with E-state index in [-0.39, 0.29) is 61.9 Å². The molecule has 8 atom stereocenters. The number of carboxylic acids is 1. The van der Waals surface area contributed by atoms with E-state index >= 15 is 4.79 Å². The van der Waals surface area contributed by atoms with E-state index in [4.69, 9.17) is 4.74 Å². The standard InChI is InChI=1S/C59H78N8O13S2/c1-35(68)50-55(75)65-48(56(76)77)34-82-81-33-47(64-53(73)45(30-36-15-7-5-8-16-36)66-57(78)61-41-18-9-6-10-19-41)49(70)32-40(29-37-22-26-42(69)27-23-37)51(71)63-46(31-39-25-24-38-17-11-12-20-43(38)39)54(74)62-44(52(72)67-50)21-13-14-28-60-58(79)80-59(2,3)4/h5,7-8,11-12,15-17,20,22-23,25-27,35,40-41,44-48,50,68-69H,6,9-10,13-14,18-19,21,24,28-34H2,1-4H3,(H,60,79)(H,62,74)(H,63,71)(H,64,73)(H,65,75)(H,67,72)(H,76,77)(H2,61,66,78)/t35-,40-,44+,45-,46-,47+,48+,50+/m1/s1. The van der Waals surface area contributed by atoms with Gasteiger partial charge in [-0.1, -0.05) is 114 Å². The SMILES string of the molecule is C[C@@H](O)[C@@H]1NC(=O)[C@H](CCCCNC(=O)OC(C)(C)C)NC(=O)[C@@H](CC2=CCc3ccccc32)NC(=O)[C@H](Cc2ccc(O)cc2)CC(=O)[C@@H](NC(=O)[C@@H](Cc2ccccc2)NC(=O)NC2CCCCC2)CSSC[C@@H](C(=O)O)NC1=O. The molecule has 0 radical (unpaired) electrons. The quantitative estimate of drug-likeness (QED) is 0.0641. The average Bonchev–Trinajstić information content (AvgIpc) is 4.04. The minimum Gasteiger partial charge on any atom is -0.508 e. The first-order valence-corrected chi connectivity index (χ1v) is 30.4. The lowest BCUT2D eigenvalue weighted by Gasteiger charge is -2.29. The molecule has 11 N–H and O–H groups in total. The number of hydrogen-bond donors (Lipinski definition) is 11. The third-order valence-electron chi connectivity index (χ3n) is 14.2. The van der Waals surface area contributed by atoms with Crippen LogP contribution in [-0.2, 0) is 57.6 Å². The predicted molar refractivity (Wildman–Crippen MR) is 312 cm³/mol. The van der Waals surface area contributed by atoms with Crippen LogP contribution >= 0.6 is 21.6 Å². The van der Waals surface area contributed by atoms with Gasteiger partial charge in [-0.15, -0.1) is 0 Å². The van der Waals surface area contributed by atoms with Crippen LogP contribution in [0.3, 0.4) is 0 Å². The van der Waals surface area contributed by atoms with Crippen LogP contribution in [-0.4, -0.2) is 141 Å². The molecule has 1 saturated heterocycles. The van der Waals surface area contributed by atoms with Gasteiger partial charge in [0.15, 0.2) is 5.78 Å². The summed E-state index contributed by atoms with van der Waals surface area (Å²) in [5.41, 5.74) is 3.03. The Morgan fingerprint density at radius 3 is 2.11 bits per heavy atom. The van der Waals surface area contributed by atoms with Crippen LogP contribution in [0.25, 0.3) is 5.57 Å². The average molecular weight is 1170 g/mol. The number of carbonyl (C=O) groups is 9. The summed E-state index contributed by atoms with van der Waals surface area (Å²) in [6.07, 6.45) is 4.59. The van der Waals surface area contributed by atoms with E-state index in [1.807, 2.05) is 36.4 Å². The minimum atomic E-state index is -1.72. The fraction of sp³-hybridized carbons (Fsp3) is 0.508. The van der Waals surface area contributed by atoms with Crippen LogP contribution in [0.15, 0.2) is 84.9 Å². The van der Waals surface area contributed by atoms with Crippen LogP contribution in [0.1, 0.15) is 114 Å². The molecule has 1 saturated carbocycles. The summed E-state index contributed by atoms with van der Waals surface area (Å²) in [6.45, 7) is 6.49. The van der Waals surface area contributed by atoms with Crippen molar-refractivity contribution in [3.05, 3.63) is 107 Å². The Bertz CT molecular complexity index is 2740. The minimum absolute atomic E-state index is 0.0455. The summed E-state index contributed by atoms with van der Waals surface area (Å²) >= 11 is 0. The number of amides is 8. The Hall–Kier alpha value is -7.11. The Balaban J connectivity index is 1.36. The lowest BCUT2D eigenvalue weighted by molar-refractivity contribution is -0.142. The third-order valence-corrected chi connectivity index (χ3v) is 16.6. The number of unbranched alkanes of at least 4 members (excludes halogenated alkanes) is 1. The van der Waals surface area contributed by atoms with Crippen LogP contribution in [0.4, 0.5) is 9.59 Å². The summed E-state index contributed by atoms with van der Waals surface area (Å²) in [5, 5.41) is 53.3. The second kappa shape index (κ2) is 31.4. The second-order valence-electron chi connectivity index (χ2n) is 22.0. The molecule has 444 valence electrons. The zero-order chi connectivity index (χ0) is 59.3. The summed E-state index contributed by atoms with van der Waals surface area (Å²) in [4.78, 5) is 127. The van der Waals surface area contributed by atoms with Gasteiger partial charge in [-0.2, -0.15) is 0 Å². The van der Waals surface area contributed by atoms with Crippen molar-refractivity contribution in [2.45, 2.75) is 165 Å². The monoisotopic (exact) mass is 1170 g/mol. The summed E-state index contributed by atoms with van der Waals surface area (Å²) in [6, 6.07) is 13.2. The number of allylic oxidation sites excluding steroid dienone is 1. The molecule has 21 nitrogen and oxygen atoms in total. The van der Waals surface area contributed by atoms with Crippen molar-refractivity contribution < 1.29 is 63.2 Å². The number of alkyl carbamates (subject to hydrolysis) is 1. The molecule has 3 aliphatic rings. The molecule has 23 heteroatoms. The van der Waals surface area contributed by atoms with E-state index in [1.165, 1.54) is 19.1 Å². The van der Waals surface area contributed by atoms with Gasteiger partial charge in [-0.25, -0.2) is 14.4 Å². The first-order chi connectivity index (χ1) is 39.1. The predicted octanol–water partition coefficient (Wildman–Crippen LogP) is 4.76. The molecule has 0 aromatic heterocycles. The van der Waals surface area contributed by atoms with Gasteiger partial charge in [-0.05, 0) is 113 Å². The van der Waals surface area contributed by atoms with Crippen LogP contribution in [0.2, 0.25) is 0 Å². The molecule has 0 bridgehead atoms. The highest BCUT2D eigenvalue weighted by atomic mass is 33.1. The molecular weight excluding hydrogens is 1090 g/mol. The second-order valence-corrected chi connectivity index (χ2v) is 24.6. The molecule has 1 aliphatic heterocycles. The van der Waals surface area contributed by atoms with E-state index in [1.54, 1.807) is 57.2 Å². The van der Waals surface area contributed by atoms with Gasteiger partial charge in [-0.3, -0.25) is 28.8 Å². The van der Waals surface area contributed by atoms with Gasteiger partial charge in [0.2, 0.25) is 29.5 Å². The fourth-order valence-electron chi connectivity index (χ4n) is 9.85. The van der Waals surface area contributed by atoms with Gasteiger partial charge >= 0.3 is 18.1 Å². The van der Waals surface area contributed by atoms with Crippen LogP contribution in [0, 0.1) is 5.92 Å². The van der Waals surface area contributed by atoms with Crippen molar-refractivity contribution in [3.8, 4) is 5.75 Å². The number of aromatic hydroxyl groups is 1. The highest BCUT2D eigenvalue weighted by molar-refractivity contribution is 8.76. The normalized spacial score (nSPS) is 22.5. The molecule has 1 heterocycles. The Labute approximate surface area is 486 Å². The first-order valence-electron chi connectivity index (χ1n) is 27.9. The third kappa shape index (κ3) is 20.7. The maximum atomic E-state index is 15.1. The van der Waals surface area contributed by atoms with Gasteiger partial charge in [0.05, 0.1) is 12.1 Å². The number of benzene rings is 3. The molecule has 2 aliphatic carbocycles. The molecule has 6 rings (SSSR count). The topological polar surface area (TPSA) is 320 Å². The van der Waals surface area contributed by atoms with E-state index in [2.05, 4.69) is 42.5 Å². The summed E-state index contributed by atoms with van der Waals surface area (Å²) in [7, 11) is 1.96. The van der Waals surface area contributed by atoms with Crippen molar-refractivity contribution in [2.24, 2.45) is 5.92 Å². The molecule has 82 heavy (non-hydrogen) atoms. The van der Waals surface area contributed by atoms with E-state index in [9.17, 15) is 53.7 Å². The van der Waals surface area contributed by atoms with Crippen LogP contribution < -0.4 is 42.5 Å². The summed E-state index contributed by atoms with van der Waals surface area (Å²) in [5.74, 6) is -8.04. The van der Waals surface area contributed by atoms with E-state index < -0.39 is 114 Å². The first kappa shape index (κ1) is 64.1. The van der Waals surface area contributed by atoms with Gasteiger partial charge in [0.1, 0.15) is 41.6 Å². The van der Waals surface area contributed by atoms with Crippen LogP contribution in [0.5, 0.6) is 5.75 Å². The van der Waals surface area contributed by atoms with Crippen molar-refractivity contribution in [1.82, 2.24) is 42.5 Å². The number of aliphatic carboxylic acids is 1. The maximum absolute atomic E-state index is 15.1. The number of phenolic OH excluding ortho intramolecular Hbond substituents is 1. The number of urea groups is 1. The maximum Gasteiger partial charge on any atom is 0.407 e. The van der Waals surface area contributed by atoms with Crippen molar-refractivity contribution in [3.63, 3.8) is 0 Å². The molecular formula is C59H78N8O13S2. The lowest BCUT2D eigenvalue weighted by atomic mass is 9.90. The fourth-order valence-corrected chi connectivity index (χ4v) is 12.2. The molecule has 0 unspecified atom stereocenters. The van der Waals surface area contributed by atoms with E-state index in [0.29, 0.717) is 29.5 Å². The number of rotatable bonds is 17. The number of ketones is 1. The van der Waals surface area contributed by atoms with Crippen molar-refractivity contribution in [1.29, 1.82) is 0 Å². The molecule has 3 aromatic rings. The zero-order valence-corrected chi connectivity index (χ0v) is 48.5. The summed E-state index contributed by atoms with van der Waals surface area (Å²) < 4.78 is 5.33. The van der Waals surface area contributed by atoms with Crippen molar-refractivity contribution in [2.75, 3.05) is 18.1 Å². The molecule has 2 fully saturated rings. The van der Waals surface area contributed by atoms with Gasteiger partial charge < -0.3 is 62.6 Å². The highest BCUT2D eigenvalue weighted by Crippen LogP contribution is 2.31. The van der Waals surface area contributed by atoms with Crippen molar-refractivity contribution >= 4 is 80.6 Å². The molecule has 0 spiro atoms. The van der Waals surface area contributed by atoms with E-state index in [0.717, 1.165) is 64.8 Å². The number of nitrogens with one attached hydrogen (secondary N) is 8.